The second-order valence-electron chi connectivity index (χ2n) is 25.2. The van der Waals surface area contributed by atoms with Crippen LogP contribution in [0, 0.1) is 40.9 Å². The van der Waals surface area contributed by atoms with E-state index in [9.17, 15) is 0 Å². The molecule has 7 bridgehead atoms. The molecule has 8 aliphatic carbocycles. The fourth-order valence-corrected chi connectivity index (χ4v) is 17.5. The Morgan fingerprint density at radius 1 is 0.468 bits per heavy atom. The van der Waals surface area contributed by atoms with Crippen LogP contribution in [0.15, 0.2) is 103 Å². The molecule has 1 spiro atoms. The molecule has 5 unspecified atom stereocenters. The Morgan fingerprint density at radius 3 is 1.65 bits per heavy atom. The Kier molecular flexibility index (Phi) is 7.26. The molecule has 5 atom stereocenters. The Balaban J connectivity index is 0.972. The van der Waals surface area contributed by atoms with Gasteiger partial charge in [-0.3, -0.25) is 0 Å². The van der Waals surface area contributed by atoms with E-state index in [1.54, 1.807) is 11.1 Å². The largest absolute Gasteiger partial charge is 0.311 e. The van der Waals surface area contributed by atoms with E-state index in [4.69, 9.17) is 0 Å². The van der Waals surface area contributed by atoms with Gasteiger partial charge in [0.2, 0.25) is 0 Å². The summed E-state index contributed by atoms with van der Waals surface area (Å²) in [6.45, 7) is 14.3. The summed E-state index contributed by atoms with van der Waals surface area (Å²) in [6.07, 6.45) is 17.5. The summed E-state index contributed by atoms with van der Waals surface area (Å²) in [5, 5.41) is 0. The van der Waals surface area contributed by atoms with Gasteiger partial charge in [-0.1, -0.05) is 96.1 Å². The quantitative estimate of drug-likeness (QED) is 0.163. The van der Waals surface area contributed by atoms with Crippen LogP contribution in [0.1, 0.15) is 141 Å². The summed E-state index contributed by atoms with van der Waals surface area (Å²) in [7, 11) is 0. The molecule has 5 aromatic rings. The minimum absolute atomic E-state index is 0.0388. The topological polar surface area (TPSA) is 6.48 Å². The van der Waals surface area contributed by atoms with Crippen LogP contribution in [0.25, 0.3) is 0 Å². The SMILES string of the molecule is CC(C)(C)c1ccc(N2c3ccc(C(C)(C)C)cc3B3c4cc(C56CC7CC8CC(C5)C8(C7)C6)ccc4N(c4ccc(C56CC7CC(CC(C7)C5)C6)cc4)c4cccc2c43)cc1. The molecule has 2 heterocycles. The summed E-state index contributed by atoms with van der Waals surface area (Å²) in [5.74, 6) is 5.74. The van der Waals surface area contributed by atoms with E-state index < -0.39 is 0 Å². The zero-order valence-corrected chi connectivity index (χ0v) is 38.2. The molecule has 5 aromatic carbocycles. The van der Waals surface area contributed by atoms with Crippen LogP contribution in [0.2, 0.25) is 0 Å². The summed E-state index contributed by atoms with van der Waals surface area (Å²) in [4.78, 5) is 5.30. The zero-order valence-electron chi connectivity index (χ0n) is 38.2. The number of anilines is 6. The third-order valence-electron chi connectivity index (χ3n) is 19.7. The van der Waals surface area contributed by atoms with Gasteiger partial charge in [0.05, 0.1) is 0 Å². The highest BCUT2D eigenvalue weighted by molar-refractivity contribution is 7.00. The predicted octanol–water partition coefficient (Wildman–Crippen LogP) is 13.3. The van der Waals surface area contributed by atoms with Crippen LogP contribution >= 0.6 is 0 Å². The normalized spacial score (nSPS) is 33.9. The van der Waals surface area contributed by atoms with Crippen molar-refractivity contribution in [3.63, 3.8) is 0 Å². The van der Waals surface area contributed by atoms with Gasteiger partial charge in [-0.2, -0.15) is 0 Å². The lowest BCUT2D eigenvalue weighted by atomic mass is 9.33. The van der Waals surface area contributed by atoms with Crippen molar-refractivity contribution in [3.05, 3.63) is 125 Å². The molecule has 8 fully saturated rings. The van der Waals surface area contributed by atoms with Crippen LogP contribution < -0.4 is 26.2 Å². The van der Waals surface area contributed by atoms with Crippen molar-refractivity contribution in [2.45, 2.75) is 140 Å². The maximum Gasteiger partial charge on any atom is 0.252 e. The van der Waals surface area contributed by atoms with Gasteiger partial charge in [0.1, 0.15) is 0 Å². The summed E-state index contributed by atoms with van der Waals surface area (Å²) >= 11 is 0. The van der Waals surface area contributed by atoms with Gasteiger partial charge in [0.15, 0.2) is 0 Å². The number of hydrogen-bond acceptors (Lipinski definition) is 2. The number of hydrogen-bond donors (Lipinski definition) is 0. The van der Waals surface area contributed by atoms with E-state index in [1.165, 1.54) is 139 Å². The number of fused-ring (bicyclic) bond motifs is 6. The lowest BCUT2D eigenvalue weighted by Gasteiger charge is -2.57. The Hall–Kier alpha value is -4.24. The van der Waals surface area contributed by atoms with Crippen molar-refractivity contribution in [2.24, 2.45) is 40.9 Å². The highest BCUT2D eigenvalue weighted by atomic mass is 15.2. The van der Waals surface area contributed by atoms with E-state index in [-0.39, 0.29) is 17.5 Å². The van der Waals surface area contributed by atoms with Crippen LogP contribution in [-0.4, -0.2) is 6.71 Å². The second kappa shape index (κ2) is 12.1. The lowest BCUT2D eigenvalue weighted by Crippen LogP contribution is -2.61. The van der Waals surface area contributed by atoms with Crippen molar-refractivity contribution in [2.75, 3.05) is 9.80 Å². The molecule has 2 nitrogen and oxygen atoms in total. The van der Waals surface area contributed by atoms with Gasteiger partial charge in [-0.05, 0) is 227 Å². The summed E-state index contributed by atoms with van der Waals surface area (Å²) in [6, 6.07) is 42.4. The molecule has 62 heavy (non-hydrogen) atoms. The fraction of sp³-hybridized carbons (Fsp3) is 0.492. The summed E-state index contributed by atoms with van der Waals surface area (Å²) in [5.41, 5.74) is 20.0. The van der Waals surface area contributed by atoms with Gasteiger partial charge in [-0.15, -0.1) is 0 Å². The van der Waals surface area contributed by atoms with E-state index in [0.29, 0.717) is 16.2 Å². The molecule has 314 valence electrons. The van der Waals surface area contributed by atoms with Gasteiger partial charge in [0, 0.05) is 34.1 Å². The fourth-order valence-electron chi connectivity index (χ4n) is 17.5. The third-order valence-corrected chi connectivity index (χ3v) is 19.7. The average molecular weight is 813 g/mol. The molecule has 2 aliphatic heterocycles. The minimum Gasteiger partial charge on any atom is -0.311 e. The minimum atomic E-state index is 0.0388. The van der Waals surface area contributed by atoms with Crippen molar-refractivity contribution in [3.8, 4) is 0 Å². The molecular formula is C59H65BN2. The predicted molar refractivity (Wildman–Crippen MR) is 260 cm³/mol. The first-order valence-corrected chi connectivity index (χ1v) is 25.0. The van der Waals surface area contributed by atoms with Gasteiger partial charge >= 0.3 is 0 Å². The van der Waals surface area contributed by atoms with E-state index in [2.05, 4.69) is 154 Å². The molecule has 0 radical (unpaired) electrons. The van der Waals surface area contributed by atoms with Crippen LogP contribution in [0.3, 0.4) is 0 Å². The first kappa shape index (κ1) is 37.2. The Bertz CT molecular complexity index is 2660. The molecule has 0 aromatic heterocycles. The Morgan fingerprint density at radius 2 is 1.02 bits per heavy atom. The second-order valence-corrected chi connectivity index (χ2v) is 25.2. The molecule has 0 saturated heterocycles. The van der Waals surface area contributed by atoms with Crippen LogP contribution in [0.5, 0.6) is 0 Å². The van der Waals surface area contributed by atoms with Crippen molar-refractivity contribution < 1.29 is 0 Å². The van der Waals surface area contributed by atoms with Gasteiger partial charge < -0.3 is 9.80 Å². The smallest absolute Gasteiger partial charge is 0.252 e. The average Bonchev–Trinajstić information content (AvgIpc) is 3.56. The first-order chi connectivity index (χ1) is 29.8. The van der Waals surface area contributed by atoms with Crippen LogP contribution in [0.4, 0.5) is 34.1 Å². The van der Waals surface area contributed by atoms with Crippen molar-refractivity contribution in [1.29, 1.82) is 0 Å². The third kappa shape index (κ3) is 4.95. The van der Waals surface area contributed by atoms with E-state index in [0.717, 1.165) is 35.5 Å². The molecule has 10 aliphatic rings. The molecule has 0 N–H and O–H groups in total. The molecule has 15 rings (SSSR count). The molecular weight excluding hydrogens is 747 g/mol. The monoisotopic (exact) mass is 813 g/mol. The zero-order chi connectivity index (χ0) is 41.7. The lowest BCUT2D eigenvalue weighted by molar-refractivity contribution is -0.00518. The molecule has 3 heteroatoms. The van der Waals surface area contributed by atoms with E-state index in [1.807, 2.05) is 0 Å². The highest BCUT2D eigenvalue weighted by Crippen LogP contribution is 2.79. The first-order valence-electron chi connectivity index (χ1n) is 25.0. The maximum atomic E-state index is 2.79. The number of benzene rings is 5. The molecule has 0 amide bonds. The molecule has 8 saturated carbocycles. The van der Waals surface area contributed by atoms with Crippen molar-refractivity contribution >= 4 is 57.2 Å². The number of nitrogens with zero attached hydrogens (tertiary/aromatic N) is 2. The summed E-state index contributed by atoms with van der Waals surface area (Å²) < 4.78 is 0. The highest BCUT2D eigenvalue weighted by Gasteiger charge is 2.71. The van der Waals surface area contributed by atoms with E-state index >= 15 is 0 Å². The van der Waals surface area contributed by atoms with Crippen LogP contribution in [-0.2, 0) is 21.7 Å². The standard InChI is InChI=1S/C59H65BN2/c1-55(2,3)40-10-16-46(17-11-40)61-50-20-14-42(56(4,5)6)27-48(50)60-49-28-43(58-32-39-25-44-26-45(34-58)59(44,33-39)35-58)15-21-51(49)62(53-9-7-8-52(61)54(53)60)47-18-12-41(13-19-47)57-29-36-22-37(30-57)24-38(23-36)31-57/h7-21,27-28,36-39,44-45H,22-26,29-35H2,1-6H3. The van der Waals surface area contributed by atoms with Gasteiger partial charge in [-0.25, -0.2) is 0 Å². The maximum absolute atomic E-state index is 2.79. The van der Waals surface area contributed by atoms with Crippen molar-refractivity contribution in [1.82, 2.24) is 0 Å². The Labute approximate surface area is 372 Å². The van der Waals surface area contributed by atoms with Gasteiger partial charge in [0.25, 0.3) is 6.71 Å². The number of rotatable bonds is 4.